The van der Waals surface area contributed by atoms with Crippen molar-refractivity contribution in [3.63, 3.8) is 0 Å². The summed E-state index contributed by atoms with van der Waals surface area (Å²) in [4.78, 5) is 31.7. The van der Waals surface area contributed by atoms with Gasteiger partial charge in [-0.25, -0.2) is 4.98 Å². The summed E-state index contributed by atoms with van der Waals surface area (Å²) in [5, 5.41) is 14.7. The van der Waals surface area contributed by atoms with E-state index in [2.05, 4.69) is 16.4 Å². The third kappa shape index (κ3) is 5.30. The highest BCUT2D eigenvalue weighted by Crippen LogP contribution is 2.27. The van der Waals surface area contributed by atoms with Crippen molar-refractivity contribution in [2.75, 3.05) is 13.2 Å². The number of nitriles is 1. The zero-order chi connectivity index (χ0) is 21.8. The molecule has 2 amide bonds. The standard InChI is InChI=1S/C23H26N4O3S/c1-15-19(3-2-10-27(15)22(28)13-30-18-8-9-18)23(29)25-12-21-26-20(14-31-21)17-6-4-16(11-24)5-7-17/h4-7,14-15,18-19H,2-3,8-10,12-13H2,1H3,(H,25,29)/t15-,19-/m0/s1. The van der Waals surface area contributed by atoms with Gasteiger partial charge in [0.1, 0.15) is 11.6 Å². The van der Waals surface area contributed by atoms with Gasteiger partial charge < -0.3 is 15.0 Å². The maximum absolute atomic E-state index is 12.8. The summed E-state index contributed by atoms with van der Waals surface area (Å²) in [6, 6.07) is 9.24. The number of ether oxygens (including phenoxy) is 1. The molecule has 0 spiro atoms. The number of carbonyl (C=O) groups excluding carboxylic acids is 2. The lowest BCUT2D eigenvalue weighted by molar-refractivity contribution is -0.144. The molecule has 2 atom stereocenters. The number of rotatable bonds is 7. The monoisotopic (exact) mass is 438 g/mol. The predicted molar refractivity (Wildman–Crippen MR) is 117 cm³/mol. The number of nitrogens with one attached hydrogen (secondary N) is 1. The van der Waals surface area contributed by atoms with Gasteiger partial charge in [0.2, 0.25) is 11.8 Å². The first-order chi connectivity index (χ1) is 15.0. The lowest BCUT2D eigenvalue weighted by Crippen LogP contribution is -2.52. The summed E-state index contributed by atoms with van der Waals surface area (Å²) in [5.41, 5.74) is 2.38. The van der Waals surface area contributed by atoms with Crippen LogP contribution >= 0.6 is 11.3 Å². The van der Waals surface area contributed by atoms with Crippen LogP contribution in [0.3, 0.4) is 0 Å². The van der Waals surface area contributed by atoms with E-state index in [0.717, 1.165) is 41.9 Å². The minimum atomic E-state index is -0.225. The summed E-state index contributed by atoms with van der Waals surface area (Å²) < 4.78 is 5.55. The largest absolute Gasteiger partial charge is 0.368 e. The van der Waals surface area contributed by atoms with E-state index >= 15 is 0 Å². The van der Waals surface area contributed by atoms with Gasteiger partial charge in [-0.05, 0) is 44.7 Å². The summed E-state index contributed by atoms with van der Waals surface area (Å²) >= 11 is 1.49. The second-order valence-electron chi connectivity index (χ2n) is 8.12. The topological polar surface area (TPSA) is 95.3 Å². The quantitative estimate of drug-likeness (QED) is 0.717. The van der Waals surface area contributed by atoms with Crippen LogP contribution in [0.25, 0.3) is 11.3 Å². The average Bonchev–Trinajstić information content (AvgIpc) is 3.51. The zero-order valence-corrected chi connectivity index (χ0v) is 18.4. The molecule has 2 aliphatic rings. The van der Waals surface area contributed by atoms with Crippen molar-refractivity contribution in [1.82, 2.24) is 15.2 Å². The molecule has 1 aromatic carbocycles. The Balaban J connectivity index is 1.31. The van der Waals surface area contributed by atoms with Crippen molar-refractivity contribution in [2.45, 2.75) is 51.3 Å². The van der Waals surface area contributed by atoms with Crippen LogP contribution in [0.1, 0.15) is 43.2 Å². The van der Waals surface area contributed by atoms with Gasteiger partial charge in [-0.2, -0.15) is 5.26 Å². The number of carbonyl (C=O) groups is 2. The molecule has 2 aromatic rings. The number of nitrogens with zero attached hydrogens (tertiary/aromatic N) is 3. The SMILES string of the molecule is C[C@H]1[C@@H](C(=O)NCc2nc(-c3ccc(C#N)cc3)cs2)CCCN1C(=O)COC1CC1. The van der Waals surface area contributed by atoms with E-state index in [1.165, 1.54) is 11.3 Å². The molecule has 2 fully saturated rings. The first-order valence-electron chi connectivity index (χ1n) is 10.7. The van der Waals surface area contributed by atoms with Crippen molar-refractivity contribution < 1.29 is 14.3 Å². The van der Waals surface area contributed by atoms with Crippen molar-refractivity contribution in [1.29, 1.82) is 5.26 Å². The molecule has 1 aromatic heterocycles. The highest BCUT2D eigenvalue weighted by Gasteiger charge is 2.36. The number of benzene rings is 1. The molecule has 0 radical (unpaired) electrons. The van der Waals surface area contributed by atoms with Gasteiger partial charge in [0.15, 0.2) is 0 Å². The van der Waals surface area contributed by atoms with E-state index in [4.69, 9.17) is 10.00 Å². The Morgan fingerprint density at radius 1 is 1.29 bits per heavy atom. The second kappa shape index (κ2) is 9.58. The number of aromatic nitrogens is 1. The Kier molecular flexibility index (Phi) is 6.64. The summed E-state index contributed by atoms with van der Waals surface area (Å²) in [6.07, 6.45) is 3.91. The van der Waals surface area contributed by atoms with Crippen LogP contribution in [0.5, 0.6) is 0 Å². The molecular weight excluding hydrogens is 412 g/mol. The molecule has 31 heavy (non-hydrogen) atoms. The first kappa shape index (κ1) is 21.5. The number of likely N-dealkylation sites (tertiary alicyclic amines) is 1. The lowest BCUT2D eigenvalue weighted by atomic mass is 9.89. The van der Waals surface area contributed by atoms with Crippen molar-refractivity contribution in [3.05, 3.63) is 40.2 Å². The average molecular weight is 439 g/mol. The Morgan fingerprint density at radius 3 is 2.77 bits per heavy atom. The Bertz CT molecular complexity index is 977. The van der Waals surface area contributed by atoms with Gasteiger partial charge in [0.25, 0.3) is 0 Å². The number of hydrogen-bond acceptors (Lipinski definition) is 6. The molecule has 4 rings (SSSR count). The van der Waals surface area contributed by atoms with E-state index in [-0.39, 0.29) is 36.5 Å². The molecule has 1 saturated carbocycles. The van der Waals surface area contributed by atoms with Crippen LogP contribution in [0.2, 0.25) is 0 Å². The van der Waals surface area contributed by atoms with Crippen LogP contribution in [0.4, 0.5) is 0 Å². The van der Waals surface area contributed by atoms with Crippen LogP contribution in [0.15, 0.2) is 29.6 Å². The minimum absolute atomic E-state index is 0.0242. The smallest absolute Gasteiger partial charge is 0.248 e. The minimum Gasteiger partial charge on any atom is -0.368 e. The Morgan fingerprint density at radius 2 is 2.06 bits per heavy atom. The van der Waals surface area contributed by atoms with E-state index in [0.29, 0.717) is 18.7 Å². The number of piperidine rings is 1. The van der Waals surface area contributed by atoms with Crippen LogP contribution in [-0.2, 0) is 20.9 Å². The molecule has 1 N–H and O–H groups in total. The van der Waals surface area contributed by atoms with Gasteiger partial charge >= 0.3 is 0 Å². The molecule has 1 aliphatic carbocycles. The Labute approximate surface area is 186 Å². The Hall–Kier alpha value is -2.76. The van der Waals surface area contributed by atoms with Crippen molar-refractivity contribution in [3.8, 4) is 17.3 Å². The molecule has 0 unspecified atom stereocenters. The lowest BCUT2D eigenvalue weighted by Gasteiger charge is -2.38. The van der Waals surface area contributed by atoms with E-state index in [1.54, 1.807) is 17.0 Å². The molecule has 162 valence electrons. The molecule has 0 bridgehead atoms. The number of amides is 2. The van der Waals surface area contributed by atoms with Crippen LogP contribution in [-0.4, -0.2) is 47.0 Å². The fourth-order valence-corrected chi connectivity index (χ4v) is 4.63. The van der Waals surface area contributed by atoms with Crippen LogP contribution < -0.4 is 5.32 Å². The van der Waals surface area contributed by atoms with Crippen LogP contribution in [0, 0.1) is 17.2 Å². The molecule has 8 heteroatoms. The fourth-order valence-electron chi connectivity index (χ4n) is 3.89. The molecule has 2 heterocycles. The zero-order valence-electron chi connectivity index (χ0n) is 17.5. The van der Waals surface area contributed by atoms with Crippen molar-refractivity contribution >= 4 is 23.2 Å². The maximum Gasteiger partial charge on any atom is 0.248 e. The molecule has 1 aliphatic heterocycles. The van der Waals surface area contributed by atoms with Crippen molar-refractivity contribution in [2.24, 2.45) is 5.92 Å². The maximum atomic E-state index is 12.8. The summed E-state index contributed by atoms with van der Waals surface area (Å²) in [5.74, 6) is -0.288. The highest BCUT2D eigenvalue weighted by atomic mass is 32.1. The highest BCUT2D eigenvalue weighted by molar-refractivity contribution is 7.09. The van der Waals surface area contributed by atoms with E-state index in [1.807, 2.05) is 24.4 Å². The normalized spacial score (nSPS) is 20.8. The second-order valence-corrected chi connectivity index (χ2v) is 9.06. The van der Waals surface area contributed by atoms with E-state index < -0.39 is 0 Å². The fraction of sp³-hybridized carbons (Fsp3) is 0.478. The summed E-state index contributed by atoms with van der Waals surface area (Å²) in [6.45, 7) is 3.10. The molecular formula is C23H26N4O3S. The summed E-state index contributed by atoms with van der Waals surface area (Å²) in [7, 11) is 0. The number of thiazole rings is 1. The first-order valence-corrected chi connectivity index (χ1v) is 11.6. The molecule has 1 saturated heterocycles. The van der Waals surface area contributed by atoms with Gasteiger partial charge in [-0.1, -0.05) is 12.1 Å². The third-order valence-electron chi connectivity index (χ3n) is 5.89. The van der Waals surface area contributed by atoms with Gasteiger partial charge in [0.05, 0.1) is 35.9 Å². The third-order valence-corrected chi connectivity index (χ3v) is 6.74. The van der Waals surface area contributed by atoms with Gasteiger partial charge in [0, 0.05) is 23.5 Å². The predicted octanol–water partition coefficient (Wildman–Crippen LogP) is 3.10. The van der Waals surface area contributed by atoms with Gasteiger partial charge in [-0.3, -0.25) is 9.59 Å². The molecule has 7 nitrogen and oxygen atoms in total. The van der Waals surface area contributed by atoms with Gasteiger partial charge in [-0.15, -0.1) is 11.3 Å². The van der Waals surface area contributed by atoms with E-state index in [9.17, 15) is 9.59 Å². The number of hydrogen-bond donors (Lipinski definition) is 1.